The molecule has 0 amide bonds. The highest BCUT2D eigenvalue weighted by molar-refractivity contribution is 14.0. The van der Waals surface area contributed by atoms with Gasteiger partial charge in [0.2, 0.25) is 0 Å². The molecule has 0 aliphatic rings. The first kappa shape index (κ1) is 22.8. The molecular weight excluding hydrogens is 466 g/mol. The quantitative estimate of drug-likeness (QED) is 0.192. The summed E-state index contributed by atoms with van der Waals surface area (Å²) in [5.41, 5.74) is 2.11. The van der Waals surface area contributed by atoms with Gasteiger partial charge in [0.25, 0.3) is 0 Å². The number of rotatable bonds is 8. The normalized spacial score (nSPS) is 11.2. The number of guanidine groups is 1. The topological polar surface area (TPSA) is 62.5 Å². The van der Waals surface area contributed by atoms with Crippen LogP contribution in [0.4, 0.5) is 4.39 Å². The van der Waals surface area contributed by atoms with Gasteiger partial charge in [-0.3, -0.25) is 4.99 Å². The maximum atomic E-state index is 12.9. The molecule has 0 spiro atoms. The third kappa shape index (κ3) is 6.79. The van der Waals surface area contributed by atoms with E-state index in [-0.39, 0.29) is 29.8 Å². The van der Waals surface area contributed by atoms with Gasteiger partial charge in [0.15, 0.2) is 5.96 Å². The van der Waals surface area contributed by atoms with Gasteiger partial charge in [-0.05, 0) is 30.7 Å². The number of nitrogens with one attached hydrogen (secondary N) is 2. The lowest BCUT2D eigenvalue weighted by atomic mass is 10.1. The van der Waals surface area contributed by atoms with Crippen LogP contribution in [0.2, 0.25) is 0 Å². The van der Waals surface area contributed by atoms with Crippen molar-refractivity contribution in [2.75, 3.05) is 19.3 Å². The average Bonchev–Trinajstić information content (AvgIpc) is 3.04. The number of halogens is 2. The van der Waals surface area contributed by atoms with Crippen LogP contribution >= 0.6 is 35.7 Å². The maximum absolute atomic E-state index is 12.9. The summed E-state index contributed by atoms with van der Waals surface area (Å²) in [5.74, 6) is 2.32. The Kier molecular flexibility index (Phi) is 10.6. The second-order valence-corrected chi connectivity index (χ2v) is 6.56. The van der Waals surface area contributed by atoms with E-state index in [0.717, 1.165) is 53.0 Å². The molecule has 0 unspecified atom stereocenters. The SMILES string of the molecule is CCc1noc(CC)c1CNC(=NC)NCCSc1ccc(F)cc1.I. The molecule has 0 aliphatic heterocycles. The van der Waals surface area contributed by atoms with E-state index in [0.29, 0.717) is 6.54 Å². The van der Waals surface area contributed by atoms with E-state index >= 15 is 0 Å². The number of nitrogens with zero attached hydrogens (tertiary/aromatic N) is 2. The number of benzene rings is 1. The summed E-state index contributed by atoms with van der Waals surface area (Å²) in [6.45, 7) is 5.52. The molecular formula is C18H26FIN4OS. The smallest absolute Gasteiger partial charge is 0.191 e. The van der Waals surface area contributed by atoms with Crippen LogP contribution in [0.1, 0.15) is 30.9 Å². The van der Waals surface area contributed by atoms with Gasteiger partial charge < -0.3 is 15.2 Å². The molecule has 0 aliphatic carbocycles. The van der Waals surface area contributed by atoms with Gasteiger partial charge in [0.05, 0.1) is 5.69 Å². The standard InChI is InChI=1S/C18H25FN4OS.HI/c1-4-16-15(17(5-2)24-23-16)12-22-18(20-3)21-10-11-25-14-8-6-13(19)7-9-14;/h6-9H,4-5,10-12H2,1-3H3,(H2,20,21,22);1H. The van der Waals surface area contributed by atoms with Gasteiger partial charge in [-0.1, -0.05) is 19.0 Å². The van der Waals surface area contributed by atoms with Gasteiger partial charge in [0, 0.05) is 42.8 Å². The molecule has 1 aromatic carbocycles. The molecule has 1 aromatic heterocycles. The summed E-state index contributed by atoms with van der Waals surface area (Å²) in [7, 11) is 1.75. The van der Waals surface area contributed by atoms with Crippen LogP contribution in [-0.4, -0.2) is 30.5 Å². The number of hydrogen-bond acceptors (Lipinski definition) is 4. The predicted octanol–water partition coefficient (Wildman–Crippen LogP) is 4.01. The summed E-state index contributed by atoms with van der Waals surface area (Å²) >= 11 is 1.67. The molecule has 0 radical (unpaired) electrons. The van der Waals surface area contributed by atoms with Crippen molar-refractivity contribution >= 4 is 41.7 Å². The molecule has 144 valence electrons. The minimum absolute atomic E-state index is 0. The average molecular weight is 492 g/mol. The molecule has 2 rings (SSSR count). The minimum atomic E-state index is -0.210. The van der Waals surface area contributed by atoms with Gasteiger partial charge in [-0.2, -0.15) is 0 Å². The Bertz CT molecular complexity index is 669. The van der Waals surface area contributed by atoms with Crippen molar-refractivity contribution < 1.29 is 8.91 Å². The summed E-state index contributed by atoms with van der Waals surface area (Å²) in [6, 6.07) is 6.53. The van der Waals surface area contributed by atoms with Crippen LogP contribution in [0, 0.1) is 5.82 Å². The zero-order chi connectivity index (χ0) is 18.1. The fourth-order valence-corrected chi connectivity index (χ4v) is 3.17. The Hall–Kier alpha value is -1.29. The van der Waals surface area contributed by atoms with Gasteiger partial charge in [0.1, 0.15) is 11.6 Å². The fraction of sp³-hybridized carbons (Fsp3) is 0.444. The van der Waals surface area contributed by atoms with E-state index in [1.165, 1.54) is 12.1 Å². The van der Waals surface area contributed by atoms with E-state index < -0.39 is 0 Å². The summed E-state index contributed by atoms with van der Waals surface area (Å²) in [6.07, 6.45) is 1.67. The summed E-state index contributed by atoms with van der Waals surface area (Å²) in [4.78, 5) is 5.29. The maximum Gasteiger partial charge on any atom is 0.191 e. The number of thioether (sulfide) groups is 1. The largest absolute Gasteiger partial charge is 0.361 e. The van der Waals surface area contributed by atoms with Crippen LogP contribution in [0.3, 0.4) is 0 Å². The summed E-state index contributed by atoms with van der Waals surface area (Å²) in [5, 5.41) is 10.7. The highest BCUT2D eigenvalue weighted by Crippen LogP contribution is 2.17. The van der Waals surface area contributed by atoms with Crippen molar-refractivity contribution in [3.05, 3.63) is 47.1 Å². The van der Waals surface area contributed by atoms with Crippen LogP contribution in [0.15, 0.2) is 38.7 Å². The second kappa shape index (κ2) is 12.2. The van der Waals surface area contributed by atoms with Crippen molar-refractivity contribution in [3.63, 3.8) is 0 Å². The van der Waals surface area contributed by atoms with E-state index in [1.54, 1.807) is 30.9 Å². The zero-order valence-electron chi connectivity index (χ0n) is 15.3. The molecule has 0 fully saturated rings. The number of hydrogen-bond donors (Lipinski definition) is 2. The summed E-state index contributed by atoms with van der Waals surface area (Å²) < 4.78 is 18.3. The molecule has 0 bridgehead atoms. The Balaban J connectivity index is 0.00000338. The van der Waals surface area contributed by atoms with Crippen LogP contribution in [-0.2, 0) is 19.4 Å². The third-order valence-corrected chi connectivity index (χ3v) is 4.75. The molecule has 5 nitrogen and oxygen atoms in total. The van der Waals surface area contributed by atoms with Gasteiger partial charge in [-0.25, -0.2) is 4.39 Å². The van der Waals surface area contributed by atoms with Gasteiger partial charge in [-0.15, -0.1) is 35.7 Å². The minimum Gasteiger partial charge on any atom is -0.361 e. The molecule has 26 heavy (non-hydrogen) atoms. The van der Waals surface area contributed by atoms with Crippen molar-refractivity contribution in [1.29, 1.82) is 0 Å². The molecule has 0 saturated heterocycles. The first-order valence-electron chi connectivity index (χ1n) is 8.47. The highest BCUT2D eigenvalue weighted by Gasteiger charge is 2.13. The lowest BCUT2D eigenvalue weighted by Gasteiger charge is -2.12. The van der Waals surface area contributed by atoms with E-state index in [9.17, 15) is 4.39 Å². The van der Waals surface area contributed by atoms with Crippen molar-refractivity contribution in [3.8, 4) is 0 Å². The third-order valence-electron chi connectivity index (χ3n) is 3.74. The lowest BCUT2D eigenvalue weighted by Crippen LogP contribution is -2.38. The molecule has 0 atom stereocenters. The highest BCUT2D eigenvalue weighted by atomic mass is 127. The molecule has 0 saturated carbocycles. The van der Waals surface area contributed by atoms with E-state index in [1.807, 2.05) is 0 Å². The fourth-order valence-electron chi connectivity index (χ4n) is 2.40. The lowest BCUT2D eigenvalue weighted by molar-refractivity contribution is 0.380. The number of aromatic nitrogens is 1. The van der Waals surface area contributed by atoms with Gasteiger partial charge >= 0.3 is 0 Å². The Labute approximate surface area is 175 Å². The molecule has 8 heteroatoms. The number of aliphatic imine (C=N–C) groups is 1. The first-order chi connectivity index (χ1) is 12.2. The predicted molar refractivity (Wildman–Crippen MR) is 116 cm³/mol. The van der Waals surface area contributed by atoms with Crippen LogP contribution in [0.25, 0.3) is 0 Å². The molecule has 2 aromatic rings. The van der Waals surface area contributed by atoms with E-state index in [2.05, 4.69) is 34.6 Å². The zero-order valence-corrected chi connectivity index (χ0v) is 18.5. The van der Waals surface area contributed by atoms with Crippen LogP contribution < -0.4 is 10.6 Å². The second-order valence-electron chi connectivity index (χ2n) is 5.39. The van der Waals surface area contributed by atoms with Crippen molar-refractivity contribution in [2.24, 2.45) is 4.99 Å². The Morgan fingerprint density at radius 3 is 2.54 bits per heavy atom. The molecule has 2 N–H and O–H groups in total. The monoisotopic (exact) mass is 492 g/mol. The van der Waals surface area contributed by atoms with E-state index in [4.69, 9.17) is 4.52 Å². The van der Waals surface area contributed by atoms with Crippen molar-refractivity contribution in [2.45, 2.75) is 38.1 Å². The van der Waals surface area contributed by atoms with Crippen molar-refractivity contribution in [1.82, 2.24) is 15.8 Å². The molecule has 1 heterocycles. The van der Waals surface area contributed by atoms with Crippen LogP contribution in [0.5, 0.6) is 0 Å². The Morgan fingerprint density at radius 1 is 1.19 bits per heavy atom. The Morgan fingerprint density at radius 2 is 1.92 bits per heavy atom. The first-order valence-corrected chi connectivity index (χ1v) is 9.45. The number of aryl methyl sites for hydroxylation is 2.